The van der Waals surface area contributed by atoms with E-state index in [9.17, 15) is 23.1 Å². The summed E-state index contributed by atoms with van der Waals surface area (Å²) in [6.07, 6.45) is 2.49. The molecular weight excluding hydrogens is 286 g/mol. The molecule has 0 amide bonds. The number of aromatic nitrogens is 2. The van der Waals surface area contributed by atoms with E-state index in [4.69, 9.17) is 0 Å². The van der Waals surface area contributed by atoms with E-state index in [1.165, 1.54) is 20.2 Å². The maximum atomic E-state index is 11.9. The van der Waals surface area contributed by atoms with Crippen molar-refractivity contribution >= 4 is 16.1 Å². The van der Waals surface area contributed by atoms with Crippen molar-refractivity contribution in [3.63, 3.8) is 0 Å². The molecule has 0 spiro atoms. The summed E-state index contributed by atoms with van der Waals surface area (Å²) >= 11 is 0. The van der Waals surface area contributed by atoms with Crippen LogP contribution in [-0.4, -0.2) is 40.7 Å². The van der Waals surface area contributed by atoms with Crippen LogP contribution in [0.4, 0.5) is 0 Å². The second-order valence-corrected chi connectivity index (χ2v) is 6.38. The molecule has 0 aromatic carbocycles. The van der Waals surface area contributed by atoms with E-state index in [1.54, 1.807) is 0 Å². The topological polar surface area (TPSA) is 111 Å². The fourth-order valence-corrected chi connectivity index (χ4v) is 3.00. The summed E-state index contributed by atoms with van der Waals surface area (Å²) in [6, 6.07) is -0.596. The monoisotopic (exact) mass is 299 g/mol. The summed E-state index contributed by atoms with van der Waals surface area (Å²) in [6.45, 7) is 0. The van der Waals surface area contributed by atoms with Crippen LogP contribution in [0.5, 0.6) is 5.88 Å². The minimum atomic E-state index is -3.24. The van der Waals surface area contributed by atoms with Gasteiger partial charge in [0, 0.05) is 25.7 Å². The summed E-state index contributed by atoms with van der Waals surface area (Å²) in [4.78, 5) is 27.3. The highest BCUT2D eigenvalue weighted by molar-refractivity contribution is 7.94. The SMILES string of the molecule is Cn1c(O)c(C=N[C@@H]2C=CS(=O)(=O)C2)c(=O)n(C)c1=O. The summed E-state index contributed by atoms with van der Waals surface area (Å²) in [5, 5.41) is 10.8. The average Bonchev–Trinajstić information content (AvgIpc) is 2.73. The smallest absolute Gasteiger partial charge is 0.333 e. The fourth-order valence-electron chi connectivity index (χ4n) is 1.79. The van der Waals surface area contributed by atoms with Gasteiger partial charge in [-0.3, -0.25) is 18.9 Å². The molecular formula is C11H13N3O5S. The lowest BCUT2D eigenvalue weighted by Crippen LogP contribution is -2.38. The van der Waals surface area contributed by atoms with E-state index in [0.29, 0.717) is 0 Å². The Morgan fingerprint density at radius 1 is 1.35 bits per heavy atom. The highest BCUT2D eigenvalue weighted by atomic mass is 32.2. The van der Waals surface area contributed by atoms with Crippen molar-refractivity contribution in [1.29, 1.82) is 0 Å². The van der Waals surface area contributed by atoms with Gasteiger partial charge in [0.25, 0.3) is 5.56 Å². The van der Waals surface area contributed by atoms with E-state index in [1.807, 2.05) is 0 Å². The van der Waals surface area contributed by atoms with Crippen LogP contribution < -0.4 is 11.2 Å². The Bertz CT molecular complexity index is 829. The van der Waals surface area contributed by atoms with Gasteiger partial charge >= 0.3 is 5.69 Å². The first-order valence-corrected chi connectivity index (χ1v) is 7.37. The maximum Gasteiger partial charge on any atom is 0.333 e. The number of rotatable bonds is 2. The standard InChI is InChI=1S/C11H13N3O5S/c1-13-9(15)8(10(16)14(2)11(13)17)5-12-7-3-4-20(18,19)6-7/h3-5,7,15H,6H2,1-2H3/t7-/m1/s1. The van der Waals surface area contributed by atoms with Gasteiger partial charge in [-0.1, -0.05) is 0 Å². The molecule has 2 rings (SSSR count). The molecule has 0 saturated carbocycles. The zero-order valence-corrected chi connectivity index (χ0v) is 11.7. The van der Waals surface area contributed by atoms with Crippen LogP contribution in [0.2, 0.25) is 0 Å². The molecule has 8 nitrogen and oxygen atoms in total. The molecule has 1 atom stereocenters. The molecule has 0 fully saturated rings. The molecule has 2 heterocycles. The third kappa shape index (κ3) is 2.44. The third-order valence-electron chi connectivity index (χ3n) is 2.97. The van der Waals surface area contributed by atoms with Crippen molar-refractivity contribution < 1.29 is 13.5 Å². The van der Waals surface area contributed by atoms with Gasteiger partial charge in [-0.05, 0) is 6.08 Å². The lowest BCUT2D eigenvalue weighted by molar-refractivity contribution is 0.410. The van der Waals surface area contributed by atoms with Crippen molar-refractivity contribution in [2.75, 3.05) is 5.75 Å². The van der Waals surface area contributed by atoms with Crippen LogP contribution in [-0.2, 0) is 23.9 Å². The van der Waals surface area contributed by atoms with Crippen LogP contribution in [0.15, 0.2) is 26.1 Å². The van der Waals surface area contributed by atoms with E-state index < -0.39 is 33.0 Å². The molecule has 1 aliphatic rings. The van der Waals surface area contributed by atoms with Crippen LogP contribution in [0.25, 0.3) is 0 Å². The summed E-state index contributed by atoms with van der Waals surface area (Å²) in [5.41, 5.74) is -1.51. The molecule has 0 unspecified atom stereocenters. The first-order chi connectivity index (χ1) is 9.23. The van der Waals surface area contributed by atoms with Crippen LogP contribution >= 0.6 is 0 Å². The maximum absolute atomic E-state index is 11.9. The molecule has 1 aromatic heterocycles. The van der Waals surface area contributed by atoms with E-state index >= 15 is 0 Å². The van der Waals surface area contributed by atoms with Gasteiger partial charge in [0.1, 0.15) is 5.56 Å². The molecule has 0 bridgehead atoms. The van der Waals surface area contributed by atoms with Gasteiger partial charge < -0.3 is 5.11 Å². The van der Waals surface area contributed by atoms with Crippen LogP contribution in [0.3, 0.4) is 0 Å². The van der Waals surface area contributed by atoms with Crippen LogP contribution in [0, 0.1) is 0 Å². The second kappa shape index (κ2) is 4.75. The molecule has 0 radical (unpaired) electrons. The molecule has 1 aromatic rings. The van der Waals surface area contributed by atoms with Crippen LogP contribution in [0.1, 0.15) is 5.56 Å². The van der Waals surface area contributed by atoms with Crippen molar-refractivity contribution in [3.05, 3.63) is 37.9 Å². The number of hydrogen-bond acceptors (Lipinski definition) is 6. The van der Waals surface area contributed by atoms with Gasteiger partial charge in [-0.25, -0.2) is 13.2 Å². The highest BCUT2D eigenvalue weighted by Gasteiger charge is 2.21. The largest absolute Gasteiger partial charge is 0.494 e. The van der Waals surface area contributed by atoms with E-state index in [2.05, 4.69) is 4.99 Å². The Morgan fingerprint density at radius 2 is 2.00 bits per heavy atom. The number of aromatic hydroxyl groups is 1. The zero-order chi connectivity index (χ0) is 15.1. The molecule has 108 valence electrons. The van der Waals surface area contributed by atoms with Crippen molar-refractivity contribution in [3.8, 4) is 5.88 Å². The Hall–Kier alpha value is -2.16. The average molecular weight is 299 g/mol. The van der Waals surface area contributed by atoms with Crippen molar-refractivity contribution in [2.45, 2.75) is 6.04 Å². The quantitative estimate of drug-likeness (QED) is 0.669. The Labute approximate surface area is 114 Å². The molecule has 9 heteroatoms. The minimum Gasteiger partial charge on any atom is -0.494 e. The molecule has 0 saturated heterocycles. The van der Waals surface area contributed by atoms with Gasteiger partial charge in [-0.15, -0.1) is 0 Å². The predicted octanol–water partition coefficient (Wildman–Crippen LogP) is -1.48. The molecule has 20 heavy (non-hydrogen) atoms. The van der Waals surface area contributed by atoms with Gasteiger partial charge in [0.2, 0.25) is 5.88 Å². The predicted molar refractivity (Wildman–Crippen MR) is 72.9 cm³/mol. The van der Waals surface area contributed by atoms with Crippen molar-refractivity contribution in [1.82, 2.24) is 9.13 Å². The number of nitrogens with zero attached hydrogens (tertiary/aromatic N) is 3. The number of aliphatic imine (C=N–C) groups is 1. The Morgan fingerprint density at radius 3 is 2.55 bits per heavy atom. The first-order valence-electron chi connectivity index (χ1n) is 5.66. The van der Waals surface area contributed by atoms with Gasteiger partial charge in [-0.2, -0.15) is 0 Å². The normalized spacial score (nSPS) is 20.8. The zero-order valence-electron chi connectivity index (χ0n) is 10.8. The Balaban J connectivity index is 2.44. The highest BCUT2D eigenvalue weighted by Crippen LogP contribution is 2.12. The lowest BCUT2D eigenvalue weighted by atomic mass is 10.3. The third-order valence-corrected chi connectivity index (χ3v) is 4.35. The first kappa shape index (κ1) is 14.3. The number of sulfone groups is 1. The summed E-state index contributed by atoms with van der Waals surface area (Å²) < 4.78 is 24.2. The molecule has 1 N–H and O–H groups in total. The second-order valence-electron chi connectivity index (χ2n) is 4.45. The van der Waals surface area contributed by atoms with E-state index in [-0.39, 0.29) is 11.3 Å². The Kier molecular flexibility index (Phi) is 3.38. The minimum absolute atomic E-state index is 0.160. The summed E-state index contributed by atoms with van der Waals surface area (Å²) in [5.74, 6) is -0.678. The summed E-state index contributed by atoms with van der Waals surface area (Å²) in [7, 11) is -0.645. The number of hydrogen-bond donors (Lipinski definition) is 1. The lowest BCUT2D eigenvalue weighted by Gasteiger charge is -2.07. The van der Waals surface area contributed by atoms with Gasteiger partial charge in [0.05, 0.1) is 11.8 Å². The molecule has 0 aliphatic carbocycles. The molecule has 1 aliphatic heterocycles. The fraction of sp³-hybridized carbons (Fsp3) is 0.364. The van der Waals surface area contributed by atoms with Crippen molar-refractivity contribution in [2.24, 2.45) is 19.1 Å². The van der Waals surface area contributed by atoms with E-state index in [0.717, 1.165) is 20.8 Å². The van der Waals surface area contributed by atoms with Gasteiger partial charge in [0.15, 0.2) is 9.84 Å².